The summed E-state index contributed by atoms with van der Waals surface area (Å²) in [6.45, 7) is 4.13. The summed E-state index contributed by atoms with van der Waals surface area (Å²) in [6.07, 6.45) is 5.57. The Morgan fingerprint density at radius 2 is 1.76 bits per heavy atom. The molecule has 0 aliphatic carbocycles. The van der Waals surface area contributed by atoms with Gasteiger partial charge in [-0.2, -0.15) is 4.98 Å². The molecule has 0 unspecified atom stereocenters. The van der Waals surface area contributed by atoms with Gasteiger partial charge >= 0.3 is 5.69 Å². The number of hydrogen-bond donors (Lipinski definition) is 3. The molecule has 0 aliphatic heterocycles. The maximum absolute atomic E-state index is 13.0. The van der Waals surface area contributed by atoms with Crippen LogP contribution in [0.3, 0.4) is 0 Å². The van der Waals surface area contributed by atoms with E-state index in [1.54, 1.807) is 4.40 Å². The lowest BCUT2D eigenvalue weighted by molar-refractivity contribution is 0.281. The first-order chi connectivity index (χ1) is 18.1. The van der Waals surface area contributed by atoms with Crippen LogP contribution >= 0.6 is 0 Å². The predicted octanol–water partition coefficient (Wildman–Crippen LogP) is 3.84. The number of nitrogens with zero attached hydrogens (tertiary/aromatic N) is 4. The lowest BCUT2D eigenvalue weighted by Crippen LogP contribution is -2.31. The van der Waals surface area contributed by atoms with Crippen molar-refractivity contribution in [3.63, 3.8) is 0 Å². The first-order valence-electron chi connectivity index (χ1n) is 12.8. The molecule has 0 amide bonds. The van der Waals surface area contributed by atoms with Crippen molar-refractivity contribution in [3.8, 4) is 11.3 Å². The molecule has 0 atom stereocenters. The quantitative estimate of drug-likeness (QED) is 0.239. The zero-order valence-corrected chi connectivity index (χ0v) is 21.0. The third-order valence-electron chi connectivity index (χ3n) is 6.61. The van der Waals surface area contributed by atoms with Crippen molar-refractivity contribution < 1.29 is 5.11 Å². The molecule has 0 spiro atoms. The monoisotopic (exact) mass is 500 g/mol. The van der Waals surface area contributed by atoms with E-state index >= 15 is 0 Å². The molecule has 0 bridgehead atoms. The molecular weight excluding hydrogens is 468 g/mol. The van der Waals surface area contributed by atoms with Crippen LogP contribution in [0.4, 0.5) is 5.69 Å². The number of aryl methyl sites for hydroxylation is 1. The van der Waals surface area contributed by atoms with Crippen LogP contribution in [0.15, 0.2) is 70.4 Å². The van der Waals surface area contributed by atoms with E-state index in [2.05, 4.69) is 46.1 Å². The smallest absolute Gasteiger partial charge is 0.330 e. The lowest BCUT2D eigenvalue weighted by atomic mass is 10.1. The number of anilines is 1. The molecule has 0 saturated heterocycles. The molecule has 5 rings (SSSR count). The molecule has 5 aromatic rings. The number of benzene rings is 2. The maximum atomic E-state index is 13.0. The Bertz CT molecular complexity index is 1610. The Morgan fingerprint density at radius 3 is 2.49 bits per heavy atom. The molecule has 3 N–H and O–H groups in total. The summed E-state index contributed by atoms with van der Waals surface area (Å²) in [7, 11) is 0. The van der Waals surface area contributed by atoms with Crippen molar-refractivity contribution in [1.82, 2.24) is 23.5 Å². The maximum Gasteiger partial charge on any atom is 0.330 e. The molecule has 3 heterocycles. The van der Waals surface area contributed by atoms with Gasteiger partial charge in [-0.25, -0.2) is 4.79 Å². The summed E-state index contributed by atoms with van der Waals surface area (Å²) in [5, 5.41) is 12.8. The molecule has 3 aromatic heterocycles. The first-order valence-corrected chi connectivity index (χ1v) is 12.8. The number of hydrogen-bond acceptors (Lipinski definition) is 5. The van der Waals surface area contributed by atoms with E-state index in [1.807, 2.05) is 36.5 Å². The Hall–Kier alpha value is -4.11. The van der Waals surface area contributed by atoms with Crippen LogP contribution in [-0.4, -0.2) is 41.8 Å². The number of aromatic nitrogens is 5. The van der Waals surface area contributed by atoms with Gasteiger partial charge in [-0.3, -0.25) is 18.7 Å². The van der Waals surface area contributed by atoms with E-state index in [0.717, 1.165) is 48.3 Å². The molecule has 0 aliphatic rings. The van der Waals surface area contributed by atoms with Crippen molar-refractivity contribution in [2.75, 3.05) is 18.5 Å². The fourth-order valence-electron chi connectivity index (χ4n) is 4.65. The van der Waals surface area contributed by atoms with Crippen molar-refractivity contribution in [1.29, 1.82) is 0 Å². The van der Waals surface area contributed by atoms with Gasteiger partial charge in [0.15, 0.2) is 11.2 Å². The second-order valence-electron chi connectivity index (χ2n) is 9.24. The molecule has 9 nitrogen and oxygen atoms in total. The Labute approximate surface area is 214 Å². The minimum Gasteiger partial charge on any atom is -0.396 e. The van der Waals surface area contributed by atoms with Crippen LogP contribution in [0.25, 0.3) is 28.2 Å². The number of rotatable bonds is 11. The second-order valence-corrected chi connectivity index (χ2v) is 9.24. The first kappa shape index (κ1) is 24.6. The van der Waals surface area contributed by atoms with Gasteiger partial charge < -0.3 is 15.0 Å². The number of aliphatic hydroxyl groups excluding tert-OH is 1. The van der Waals surface area contributed by atoms with Crippen LogP contribution in [0.1, 0.15) is 38.2 Å². The van der Waals surface area contributed by atoms with Crippen molar-refractivity contribution in [2.45, 2.75) is 45.7 Å². The van der Waals surface area contributed by atoms with Gasteiger partial charge in [-0.05, 0) is 42.5 Å². The number of H-pyrrole nitrogens is 1. The average molecular weight is 501 g/mol. The van der Waals surface area contributed by atoms with E-state index in [-0.39, 0.29) is 6.61 Å². The Kier molecular flexibility index (Phi) is 7.23. The lowest BCUT2D eigenvalue weighted by Gasteiger charge is -2.10. The van der Waals surface area contributed by atoms with Gasteiger partial charge in [0.2, 0.25) is 5.78 Å². The van der Waals surface area contributed by atoms with E-state index < -0.39 is 11.2 Å². The van der Waals surface area contributed by atoms with Gasteiger partial charge in [-0.15, -0.1) is 0 Å². The normalized spacial score (nSPS) is 11.5. The molecular formula is C28H32N6O3. The molecule has 0 fully saturated rings. The molecule has 9 heteroatoms. The van der Waals surface area contributed by atoms with Gasteiger partial charge in [-0.1, -0.05) is 55.8 Å². The summed E-state index contributed by atoms with van der Waals surface area (Å²) >= 11 is 0. The molecule has 192 valence electrons. The topological polar surface area (TPSA) is 109 Å². The van der Waals surface area contributed by atoms with Gasteiger partial charge in [0.05, 0.1) is 12.2 Å². The molecule has 37 heavy (non-hydrogen) atoms. The van der Waals surface area contributed by atoms with Crippen molar-refractivity contribution in [3.05, 3.63) is 87.2 Å². The zero-order valence-electron chi connectivity index (χ0n) is 21.0. The number of aliphatic hydroxyl groups is 1. The summed E-state index contributed by atoms with van der Waals surface area (Å²) in [5.41, 5.74) is 3.66. The minimum absolute atomic E-state index is 0.109. The molecule has 2 aromatic carbocycles. The summed E-state index contributed by atoms with van der Waals surface area (Å²) < 4.78 is 5.34. The number of fused-ring (bicyclic) bond motifs is 3. The van der Waals surface area contributed by atoms with Crippen LogP contribution in [-0.2, 0) is 13.1 Å². The number of aromatic amines is 1. The summed E-state index contributed by atoms with van der Waals surface area (Å²) in [6, 6.07) is 17.9. The standard InChI is InChI=1S/C28H32N6O3/c1-2-3-15-29-22-13-11-21(12-14-22)23-19-33-24-25(30-27(33)32(23)16-7-8-17-35)34(28(37)31-26(24)36)18-20-9-5-4-6-10-20/h4-6,9-14,19,29,35H,2-3,7-8,15-18H2,1H3,(H,31,36,37). The summed E-state index contributed by atoms with van der Waals surface area (Å²) in [4.78, 5) is 33.1. The largest absolute Gasteiger partial charge is 0.396 e. The van der Waals surface area contributed by atoms with E-state index in [9.17, 15) is 14.7 Å². The van der Waals surface area contributed by atoms with Crippen molar-refractivity contribution in [2.24, 2.45) is 0 Å². The molecule has 0 saturated carbocycles. The van der Waals surface area contributed by atoms with E-state index in [1.165, 1.54) is 4.57 Å². The van der Waals surface area contributed by atoms with Crippen molar-refractivity contribution >= 4 is 22.6 Å². The van der Waals surface area contributed by atoms with Crippen LogP contribution in [0.5, 0.6) is 0 Å². The zero-order chi connectivity index (χ0) is 25.8. The summed E-state index contributed by atoms with van der Waals surface area (Å²) in [5.74, 6) is 0.589. The molecule has 0 radical (unpaired) electrons. The number of nitrogens with one attached hydrogen (secondary N) is 2. The number of unbranched alkanes of at least 4 members (excludes halogenated alkanes) is 2. The minimum atomic E-state index is -0.486. The van der Waals surface area contributed by atoms with Gasteiger partial charge in [0, 0.05) is 31.6 Å². The fraction of sp³-hybridized carbons (Fsp3) is 0.321. The van der Waals surface area contributed by atoms with Crippen LogP contribution < -0.4 is 16.6 Å². The van der Waals surface area contributed by atoms with Gasteiger partial charge in [0.1, 0.15) is 0 Å². The second kappa shape index (κ2) is 10.9. The van der Waals surface area contributed by atoms with Gasteiger partial charge in [0.25, 0.3) is 5.56 Å². The SMILES string of the molecule is CCCCNc1ccc(-c2cn3c4c(=O)[nH]c(=O)n(Cc5ccccc5)c4nc3n2CCCCO)cc1. The average Bonchev–Trinajstić information content (AvgIpc) is 3.45. The highest BCUT2D eigenvalue weighted by Crippen LogP contribution is 2.27. The van der Waals surface area contributed by atoms with Crippen LogP contribution in [0.2, 0.25) is 0 Å². The van der Waals surface area contributed by atoms with E-state index in [4.69, 9.17) is 4.98 Å². The van der Waals surface area contributed by atoms with Crippen LogP contribution in [0, 0.1) is 0 Å². The highest BCUT2D eigenvalue weighted by atomic mass is 16.3. The Balaban J connectivity index is 1.62. The highest BCUT2D eigenvalue weighted by molar-refractivity contribution is 5.78. The highest BCUT2D eigenvalue weighted by Gasteiger charge is 2.20. The number of imidazole rings is 2. The Morgan fingerprint density at radius 1 is 0.973 bits per heavy atom. The third kappa shape index (κ3) is 4.95. The third-order valence-corrected chi connectivity index (χ3v) is 6.61. The fourth-order valence-corrected chi connectivity index (χ4v) is 4.65. The predicted molar refractivity (Wildman–Crippen MR) is 146 cm³/mol. The van der Waals surface area contributed by atoms with E-state index in [0.29, 0.717) is 36.5 Å².